The third-order valence-electron chi connectivity index (χ3n) is 1.88. The van der Waals surface area contributed by atoms with Crippen molar-refractivity contribution < 1.29 is 0 Å². The van der Waals surface area contributed by atoms with E-state index >= 15 is 0 Å². The first-order chi connectivity index (χ1) is 5.38. The molecule has 0 spiro atoms. The largest absolute Gasteiger partial charge is 0.305 e. The van der Waals surface area contributed by atoms with Crippen molar-refractivity contribution >= 4 is 0 Å². The van der Waals surface area contributed by atoms with Crippen molar-refractivity contribution in [3.8, 4) is 0 Å². The second kappa shape index (κ2) is 4.83. The molecule has 0 aliphatic rings. The van der Waals surface area contributed by atoms with Gasteiger partial charge in [-0.15, -0.1) is 0 Å². The first kappa shape index (κ1) is 11.9. The van der Waals surface area contributed by atoms with Gasteiger partial charge in [0, 0.05) is 0 Å². The summed E-state index contributed by atoms with van der Waals surface area (Å²) in [5.74, 6) is 0.711. The van der Waals surface area contributed by atoms with E-state index in [0.29, 0.717) is 12.1 Å². The lowest BCUT2D eigenvalue weighted by Crippen LogP contribution is -2.50. The van der Waals surface area contributed by atoms with E-state index in [1.807, 2.05) is 7.05 Å². The lowest BCUT2D eigenvalue weighted by atomic mass is 9.92. The summed E-state index contributed by atoms with van der Waals surface area (Å²) in [4.78, 5) is 0. The van der Waals surface area contributed by atoms with E-state index in [1.165, 1.54) is 0 Å². The predicted molar refractivity (Wildman–Crippen MR) is 55.1 cm³/mol. The summed E-state index contributed by atoms with van der Waals surface area (Å²) in [6, 6.07) is 0. The van der Waals surface area contributed by atoms with E-state index < -0.39 is 0 Å². The van der Waals surface area contributed by atoms with Gasteiger partial charge >= 0.3 is 0 Å². The molecule has 0 amide bonds. The Bertz CT molecular complexity index is 113. The van der Waals surface area contributed by atoms with E-state index in [0.717, 1.165) is 6.54 Å². The standard InChI is InChI=1S/C10H24N2/c1-8(2)7-12-9(11-6)10(3,4)5/h8-9,11-12H,7H2,1-6H3. The van der Waals surface area contributed by atoms with Gasteiger partial charge in [-0.2, -0.15) is 0 Å². The molecule has 12 heavy (non-hydrogen) atoms. The van der Waals surface area contributed by atoms with Crippen LogP contribution in [0.25, 0.3) is 0 Å². The molecule has 1 atom stereocenters. The van der Waals surface area contributed by atoms with E-state index in [1.54, 1.807) is 0 Å². The van der Waals surface area contributed by atoms with Crippen LogP contribution in [0.2, 0.25) is 0 Å². The number of hydrogen-bond acceptors (Lipinski definition) is 2. The van der Waals surface area contributed by atoms with E-state index in [-0.39, 0.29) is 5.41 Å². The van der Waals surface area contributed by atoms with Gasteiger partial charge in [0.15, 0.2) is 0 Å². The average molecular weight is 172 g/mol. The van der Waals surface area contributed by atoms with Gasteiger partial charge in [0.25, 0.3) is 0 Å². The zero-order chi connectivity index (χ0) is 9.78. The minimum Gasteiger partial charge on any atom is -0.305 e. The Hall–Kier alpha value is -0.0800. The molecule has 0 rings (SSSR count). The molecule has 1 unspecified atom stereocenters. The summed E-state index contributed by atoms with van der Waals surface area (Å²) in [6.07, 6.45) is 0.403. The van der Waals surface area contributed by atoms with Crippen LogP contribution in [0.15, 0.2) is 0 Å². The Morgan fingerprint density at radius 1 is 1.17 bits per heavy atom. The van der Waals surface area contributed by atoms with E-state index in [2.05, 4.69) is 45.3 Å². The normalized spacial score (nSPS) is 15.2. The minimum atomic E-state index is 0.281. The lowest BCUT2D eigenvalue weighted by Gasteiger charge is -2.31. The van der Waals surface area contributed by atoms with Crippen LogP contribution in [0.1, 0.15) is 34.6 Å². The van der Waals surface area contributed by atoms with Crippen LogP contribution in [0.3, 0.4) is 0 Å². The Kier molecular flexibility index (Phi) is 4.80. The fraction of sp³-hybridized carbons (Fsp3) is 1.00. The highest BCUT2D eigenvalue weighted by molar-refractivity contribution is 4.77. The first-order valence-corrected chi connectivity index (χ1v) is 4.78. The van der Waals surface area contributed by atoms with Gasteiger partial charge in [0.05, 0.1) is 6.17 Å². The second-order valence-corrected chi connectivity index (χ2v) is 4.89. The number of nitrogens with one attached hydrogen (secondary N) is 2. The number of rotatable bonds is 4. The molecular weight excluding hydrogens is 148 g/mol. The van der Waals surface area contributed by atoms with Crippen molar-refractivity contribution in [2.45, 2.75) is 40.8 Å². The fourth-order valence-corrected chi connectivity index (χ4v) is 1.19. The second-order valence-electron chi connectivity index (χ2n) is 4.89. The average Bonchev–Trinajstić information content (AvgIpc) is 1.85. The Balaban J connectivity index is 3.84. The van der Waals surface area contributed by atoms with Crippen LogP contribution in [0.4, 0.5) is 0 Å². The van der Waals surface area contributed by atoms with Crippen LogP contribution in [0.5, 0.6) is 0 Å². The summed E-state index contributed by atoms with van der Waals surface area (Å²) < 4.78 is 0. The quantitative estimate of drug-likeness (QED) is 0.632. The predicted octanol–water partition coefficient (Wildman–Crippen LogP) is 1.82. The van der Waals surface area contributed by atoms with Gasteiger partial charge in [0.1, 0.15) is 0 Å². The molecule has 0 heterocycles. The molecule has 0 bridgehead atoms. The summed E-state index contributed by atoms with van der Waals surface area (Å²) in [6.45, 7) is 12.2. The summed E-state index contributed by atoms with van der Waals surface area (Å²) >= 11 is 0. The maximum Gasteiger partial charge on any atom is 0.0619 e. The van der Waals surface area contributed by atoms with Crippen LogP contribution in [-0.4, -0.2) is 19.8 Å². The molecule has 0 saturated carbocycles. The van der Waals surface area contributed by atoms with Crippen LogP contribution in [-0.2, 0) is 0 Å². The maximum atomic E-state index is 3.50. The molecule has 2 nitrogen and oxygen atoms in total. The zero-order valence-corrected chi connectivity index (χ0v) is 9.36. The lowest BCUT2D eigenvalue weighted by molar-refractivity contribution is 0.230. The molecule has 2 N–H and O–H groups in total. The van der Waals surface area contributed by atoms with Gasteiger partial charge in [-0.05, 0) is 24.9 Å². The third-order valence-corrected chi connectivity index (χ3v) is 1.88. The molecule has 0 saturated heterocycles. The number of hydrogen-bond donors (Lipinski definition) is 2. The first-order valence-electron chi connectivity index (χ1n) is 4.78. The molecule has 0 aromatic carbocycles. The van der Waals surface area contributed by atoms with Crippen molar-refractivity contribution in [1.29, 1.82) is 0 Å². The minimum absolute atomic E-state index is 0.281. The molecule has 0 aliphatic carbocycles. The van der Waals surface area contributed by atoms with Crippen molar-refractivity contribution in [2.24, 2.45) is 11.3 Å². The van der Waals surface area contributed by atoms with Gasteiger partial charge in [0.2, 0.25) is 0 Å². The molecular formula is C10H24N2. The van der Waals surface area contributed by atoms with Crippen LogP contribution < -0.4 is 10.6 Å². The fourth-order valence-electron chi connectivity index (χ4n) is 1.19. The van der Waals surface area contributed by atoms with Gasteiger partial charge in [-0.3, -0.25) is 0 Å². The Morgan fingerprint density at radius 2 is 1.67 bits per heavy atom. The maximum absolute atomic E-state index is 3.50. The van der Waals surface area contributed by atoms with Crippen molar-refractivity contribution in [1.82, 2.24) is 10.6 Å². The summed E-state index contributed by atoms with van der Waals surface area (Å²) in [5.41, 5.74) is 0.281. The molecule has 0 aromatic heterocycles. The zero-order valence-electron chi connectivity index (χ0n) is 9.36. The molecule has 74 valence electrons. The molecule has 0 radical (unpaired) electrons. The molecule has 0 aromatic rings. The van der Waals surface area contributed by atoms with Crippen LogP contribution in [0, 0.1) is 11.3 Å². The van der Waals surface area contributed by atoms with Gasteiger partial charge < -0.3 is 10.6 Å². The highest BCUT2D eigenvalue weighted by Crippen LogP contribution is 2.16. The smallest absolute Gasteiger partial charge is 0.0619 e. The SMILES string of the molecule is CNC(NCC(C)C)C(C)(C)C. The highest BCUT2D eigenvalue weighted by Gasteiger charge is 2.21. The molecule has 0 aliphatic heterocycles. The van der Waals surface area contributed by atoms with Crippen molar-refractivity contribution in [3.63, 3.8) is 0 Å². The highest BCUT2D eigenvalue weighted by atomic mass is 15.1. The van der Waals surface area contributed by atoms with E-state index in [9.17, 15) is 0 Å². The van der Waals surface area contributed by atoms with Crippen LogP contribution >= 0.6 is 0 Å². The van der Waals surface area contributed by atoms with Gasteiger partial charge in [-0.1, -0.05) is 34.6 Å². The topological polar surface area (TPSA) is 24.1 Å². The molecule has 0 fully saturated rings. The van der Waals surface area contributed by atoms with Crippen molar-refractivity contribution in [3.05, 3.63) is 0 Å². The van der Waals surface area contributed by atoms with E-state index in [4.69, 9.17) is 0 Å². The summed E-state index contributed by atoms with van der Waals surface area (Å²) in [7, 11) is 2.00. The molecule has 2 heteroatoms. The van der Waals surface area contributed by atoms with Crippen molar-refractivity contribution in [2.75, 3.05) is 13.6 Å². The monoisotopic (exact) mass is 172 g/mol. The Labute approximate surface area is 77.1 Å². The van der Waals surface area contributed by atoms with Gasteiger partial charge in [-0.25, -0.2) is 0 Å². The Morgan fingerprint density at radius 3 is 1.92 bits per heavy atom. The summed E-state index contributed by atoms with van der Waals surface area (Å²) in [5, 5.41) is 6.78. The third kappa shape index (κ3) is 4.73.